The van der Waals surface area contributed by atoms with Crippen LogP contribution in [-0.4, -0.2) is 156 Å². The van der Waals surface area contributed by atoms with Crippen LogP contribution in [0.15, 0.2) is 83.8 Å². The number of carbonyl (C=O) groups excluding carboxylic acids is 7. The van der Waals surface area contributed by atoms with Crippen LogP contribution in [0.5, 0.6) is 5.75 Å². The zero-order valence-corrected chi connectivity index (χ0v) is 44.7. The number of carboxylic acid groups (broad SMARTS) is 1. The van der Waals surface area contributed by atoms with Gasteiger partial charge in [-0.25, -0.2) is 14.6 Å². The zero-order valence-electron chi connectivity index (χ0n) is 43.9. The lowest BCUT2D eigenvalue weighted by Crippen LogP contribution is -2.63. The number of allylic oxidation sites excluding steroid dienone is 4. The Morgan fingerprint density at radius 2 is 1.63 bits per heavy atom. The molecule has 0 bridgehead atoms. The summed E-state index contributed by atoms with van der Waals surface area (Å²) in [6.45, 7) is 2.60. The fourth-order valence-corrected chi connectivity index (χ4v) is 13.9. The van der Waals surface area contributed by atoms with Gasteiger partial charge in [-0.3, -0.25) is 39.0 Å². The predicted octanol–water partition coefficient (Wildman–Crippen LogP) is 2.12. The van der Waals surface area contributed by atoms with Gasteiger partial charge in [0, 0.05) is 72.2 Å². The Labute approximate surface area is 466 Å². The number of ether oxygens (including phenoxy) is 5. The third-order valence-electron chi connectivity index (χ3n) is 17.1. The van der Waals surface area contributed by atoms with Crippen molar-refractivity contribution >= 4 is 70.1 Å². The average molecular weight is 1140 g/mol. The van der Waals surface area contributed by atoms with Gasteiger partial charge in [0.15, 0.2) is 29.6 Å². The van der Waals surface area contributed by atoms with Crippen molar-refractivity contribution in [2.24, 2.45) is 28.6 Å². The molecule has 3 saturated carbocycles. The Balaban J connectivity index is 0.745. The van der Waals surface area contributed by atoms with E-state index < -0.39 is 114 Å². The van der Waals surface area contributed by atoms with Crippen molar-refractivity contribution in [2.75, 3.05) is 30.3 Å². The number of amides is 5. The highest BCUT2D eigenvalue weighted by atomic mass is 32.1. The Kier molecular flexibility index (Phi) is 16.0. The van der Waals surface area contributed by atoms with Gasteiger partial charge >= 0.3 is 12.1 Å². The number of fused-ring (bicyclic) bond motifs is 7. The van der Waals surface area contributed by atoms with E-state index in [0.29, 0.717) is 35.4 Å². The third-order valence-corrected chi connectivity index (χ3v) is 17.9. The number of Topliss-reactive ketones (excluding diaryl/α,β-unsaturated/α-hetero) is 1. The number of anilines is 2. The smallest absolute Gasteiger partial charge is 0.413 e. The molecule has 2 saturated heterocycles. The molecule has 81 heavy (non-hydrogen) atoms. The molecule has 10 rings (SSSR count). The molecule has 5 fully saturated rings. The first-order chi connectivity index (χ1) is 38.6. The van der Waals surface area contributed by atoms with Crippen LogP contribution in [-0.2, 0) is 65.5 Å². The lowest BCUT2D eigenvalue weighted by Gasteiger charge is -2.59. The van der Waals surface area contributed by atoms with Crippen LogP contribution in [0.25, 0.3) is 0 Å². The summed E-state index contributed by atoms with van der Waals surface area (Å²) < 4.78 is 29.8. The van der Waals surface area contributed by atoms with Crippen molar-refractivity contribution in [3.63, 3.8) is 0 Å². The average Bonchev–Trinajstić information content (AvgIpc) is 4.41. The third kappa shape index (κ3) is 10.8. The number of aliphatic carboxylic acids is 1. The quantitative estimate of drug-likeness (QED) is 0.0824. The maximum absolute atomic E-state index is 14.0. The topological polar surface area (TPSA) is 356 Å². The first-order valence-electron chi connectivity index (χ1n) is 26.5. The minimum Gasteiger partial charge on any atom is -0.479 e. The number of hydrogen-bond donors (Lipinski definition) is 9. The Morgan fingerprint density at radius 3 is 2.36 bits per heavy atom. The minimum atomic E-state index is -2.00. The normalized spacial score (nSPS) is 32.7. The number of imide groups is 1. The number of carbonyl (C=O) groups is 8. The van der Waals surface area contributed by atoms with Crippen molar-refractivity contribution in [1.29, 1.82) is 0 Å². The Morgan fingerprint density at radius 1 is 0.889 bits per heavy atom. The van der Waals surface area contributed by atoms with Crippen molar-refractivity contribution in [1.82, 2.24) is 15.2 Å². The van der Waals surface area contributed by atoms with E-state index in [9.17, 15) is 69.0 Å². The maximum Gasteiger partial charge on any atom is 0.413 e. The number of hydrogen-bond acceptors (Lipinski definition) is 20. The largest absolute Gasteiger partial charge is 0.479 e. The second-order valence-corrected chi connectivity index (χ2v) is 22.8. The molecule has 0 spiro atoms. The van der Waals surface area contributed by atoms with Gasteiger partial charge in [-0.1, -0.05) is 55.8 Å². The second-order valence-electron chi connectivity index (χ2n) is 21.8. The molecule has 5 amide bonds. The molecule has 0 radical (unpaired) electrons. The number of aliphatic hydroxyl groups is 5. The highest BCUT2D eigenvalue weighted by molar-refractivity contribution is 7.10. The lowest BCUT2D eigenvalue weighted by atomic mass is 9.46. The van der Waals surface area contributed by atoms with E-state index in [1.165, 1.54) is 29.5 Å². The van der Waals surface area contributed by atoms with Gasteiger partial charge in [-0.15, -0.1) is 11.3 Å². The minimum absolute atomic E-state index is 0.0204. The van der Waals surface area contributed by atoms with E-state index in [1.54, 1.807) is 17.5 Å². The summed E-state index contributed by atoms with van der Waals surface area (Å²) in [6, 6.07) is 11.5. The summed E-state index contributed by atoms with van der Waals surface area (Å²) in [7, 11) is 0. The van der Waals surface area contributed by atoms with Crippen molar-refractivity contribution in [3.05, 3.63) is 105 Å². The van der Waals surface area contributed by atoms with E-state index in [-0.39, 0.29) is 79.8 Å². The van der Waals surface area contributed by atoms with Crippen LogP contribution in [0.1, 0.15) is 80.4 Å². The molecule has 4 heterocycles. The zero-order chi connectivity index (χ0) is 57.7. The molecule has 1 aromatic heterocycles. The molecule has 7 aliphatic rings. The summed E-state index contributed by atoms with van der Waals surface area (Å²) >= 11 is 1.28. The Bertz CT molecular complexity index is 3110. The van der Waals surface area contributed by atoms with Gasteiger partial charge < -0.3 is 65.0 Å². The number of aliphatic hydroxyl groups excluding tert-OH is 5. The molecule has 2 aromatic carbocycles. The SMILES string of the molecule is C[C@]12C=CC(=O)C=C1CC[C@@H]1[C@@H]2[C@@H](O)C[C@@]2(C)[C@H]1C[C@H]1O[C@@H](c3ccc(Cc4nc(NC(=O)OCc5ccc(O[C@@H]6O[C@H](C(=O)O)[C@@H](O)[C@H](O)[C@H]6O)c(NC(=O)CCNC(=O)CCN6C(=O)C=CC6=O)c5)cs4)cc3)O[C@]12C(=O)CO. The van der Waals surface area contributed by atoms with Gasteiger partial charge in [0.25, 0.3) is 11.8 Å². The molecule has 3 aromatic rings. The number of thiazole rings is 1. The molecule has 4 aliphatic carbocycles. The second kappa shape index (κ2) is 22.7. The number of nitrogens with one attached hydrogen (secondary N) is 3. The predicted molar refractivity (Wildman–Crippen MR) is 280 cm³/mol. The number of benzene rings is 2. The monoisotopic (exact) mass is 1140 g/mol. The number of ketones is 2. The van der Waals surface area contributed by atoms with E-state index in [1.807, 2.05) is 37.3 Å². The van der Waals surface area contributed by atoms with Crippen LogP contribution >= 0.6 is 11.3 Å². The lowest BCUT2D eigenvalue weighted by molar-refractivity contribution is -0.271. The van der Waals surface area contributed by atoms with E-state index in [0.717, 1.165) is 34.6 Å². The summed E-state index contributed by atoms with van der Waals surface area (Å²) in [5.74, 6) is -4.71. The van der Waals surface area contributed by atoms with E-state index in [4.69, 9.17) is 23.7 Å². The van der Waals surface area contributed by atoms with Crippen molar-refractivity contribution in [2.45, 2.75) is 120 Å². The molecule has 25 heteroatoms. The van der Waals surface area contributed by atoms with Gasteiger partial charge in [0.2, 0.25) is 18.1 Å². The van der Waals surface area contributed by atoms with Gasteiger partial charge in [-0.05, 0) is 72.9 Å². The summed E-state index contributed by atoms with van der Waals surface area (Å²) in [6.07, 6.45) is -3.62. The molecular weight excluding hydrogens is 1080 g/mol. The highest BCUT2D eigenvalue weighted by Gasteiger charge is 2.76. The van der Waals surface area contributed by atoms with Crippen LogP contribution in [0, 0.1) is 28.6 Å². The first kappa shape index (κ1) is 57.2. The van der Waals surface area contributed by atoms with Crippen molar-refractivity contribution < 1.29 is 92.7 Å². The van der Waals surface area contributed by atoms with Crippen LogP contribution in [0.4, 0.5) is 16.3 Å². The molecule has 0 unspecified atom stereocenters. The van der Waals surface area contributed by atoms with Crippen molar-refractivity contribution in [3.8, 4) is 5.75 Å². The molecule has 430 valence electrons. The van der Waals surface area contributed by atoms with E-state index >= 15 is 0 Å². The van der Waals surface area contributed by atoms with Gasteiger partial charge in [0.1, 0.15) is 43.1 Å². The maximum atomic E-state index is 14.0. The Hall–Kier alpha value is -7.07. The van der Waals surface area contributed by atoms with E-state index in [2.05, 4.69) is 27.9 Å². The molecule has 14 atom stereocenters. The molecule has 9 N–H and O–H groups in total. The van der Waals surface area contributed by atoms with Gasteiger partial charge in [0.05, 0.1) is 22.9 Å². The fraction of sp³-hybridized carbons (Fsp3) is 0.482. The summed E-state index contributed by atoms with van der Waals surface area (Å²) in [5.41, 5.74) is -0.113. The summed E-state index contributed by atoms with van der Waals surface area (Å²) in [4.78, 5) is 106. The van der Waals surface area contributed by atoms with Gasteiger partial charge in [-0.2, -0.15) is 0 Å². The standard InChI is InChI=1S/C56H61N5O19S/c1-54-16-13-31(63)21-30(54)8-9-32-33-22-38-56(37(65)24-62,55(33,2)23-35(64)45(32)54)80-51(78-38)29-6-3-27(4-7-29)20-42-59-39(26-81-42)60-53(75)76-25-28-5-10-36(77-52-48(72)46(70)47(71)49(79-52)50(73)74)34(19-28)58-41(67)14-17-57-40(66)15-18-61-43(68)11-12-44(61)69/h3-7,10-13,16,19,21,26,32-33,35,38,45-49,51-52,62,64,70-72H,8-9,14-15,17-18,20,22-25H2,1-2H3,(H,57,66)(H,58,67)(H,60,75)(H,73,74)/t32-,33-,35-,38+,45+,46-,47-,48+,49-,51+,52+,54-,55-,56+/m0/s1. The summed E-state index contributed by atoms with van der Waals surface area (Å²) in [5, 5.41) is 73.0. The highest BCUT2D eigenvalue weighted by Crippen LogP contribution is 2.70. The van der Waals surface area contributed by atoms with Crippen LogP contribution in [0.2, 0.25) is 0 Å². The molecule has 24 nitrogen and oxygen atoms in total. The van der Waals surface area contributed by atoms with Crippen LogP contribution < -0.4 is 20.7 Å². The number of aromatic nitrogens is 1. The fourth-order valence-electron chi connectivity index (χ4n) is 13.2. The molecular formula is C56H61N5O19S. The number of carboxylic acids is 1. The number of nitrogens with zero attached hydrogens (tertiary/aromatic N) is 2. The molecule has 3 aliphatic heterocycles. The number of rotatable bonds is 18. The first-order valence-corrected chi connectivity index (χ1v) is 27.4. The van der Waals surface area contributed by atoms with Crippen LogP contribution in [0.3, 0.4) is 0 Å².